The first kappa shape index (κ1) is 21.0. The van der Waals surface area contributed by atoms with Gasteiger partial charge in [-0.2, -0.15) is 0 Å². The Morgan fingerprint density at radius 1 is 1.32 bits per heavy atom. The fraction of sp³-hybridized carbons (Fsp3) is 0.200. The quantitative estimate of drug-likeness (QED) is 0.675. The summed E-state index contributed by atoms with van der Waals surface area (Å²) in [5.41, 5.74) is 2.07. The van der Waals surface area contributed by atoms with Gasteiger partial charge in [0.2, 0.25) is 5.95 Å². The highest BCUT2D eigenvalue weighted by molar-refractivity contribution is 7.17. The lowest BCUT2D eigenvalue weighted by Crippen LogP contribution is -2.12. The normalized spacial score (nSPS) is 11.3. The largest absolute Gasteiger partial charge is 0.476 e. The van der Waals surface area contributed by atoms with Crippen molar-refractivity contribution in [3.63, 3.8) is 0 Å². The molecule has 0 saturated carbocycles. The molecule has 3 aromatic heterocycles. The van der Waals surface area contributed by atoms with Crippen LogP contribution in [0.2, 0.25) is 0 Å². The number of halogens is 3. The van der Waals surface area contributed by atoms with Crippen LogP contribution in [-0.2, 0) is 0 Å². The van der Waals surface area contributed by atoms with Gasteiger partial charge in [-0.1, -0.05) is 0 Å². The topological polar surface area (TPSA) is 88.0 Å². The van der Waals surface area contributed by atoms with Crippen molar-refractivity contribution in [2.24, 2.45) is 0 Å². The molecular formula is C15H15Cl2FN4O2S. The zero-order valence-corrected chi connectivity index (χ0v) is 15.6. The molecule has 0 unspecified atom stereocenters. The second kappa shape index (κ2) is 8.37. The fourth-order valence-electron chi connectivity index (χ4n) is 2.18. The molecule has 3 heterocycles. The van der Waals surface area contributed by atoms with Gasteiger partial charge in [0.15, 0.2) is 5.69 Å². The summed E-state index contributed by atoms with van der Waals surface area (Å²) in [7, 11) is 0. The minimum atomic E-state index is -1.11. The van der Waals surface area contributed by atoms with Crippen molar-refractivity contribution in [2.75, 3.05) is 5.32 Å². The molecule has 0 aliphatic rings. The zero-order valence-electron chi connectivity index (χ0n) is 13.2. The molecule has 6 nitrogen and oxygen atoms in total. The van der Waals surface area contributed by atoms with E-state index in [0.717, 1.165) is 11.8 Å². The number of carboxylic acids is 1. The van der Waals surface area contributed by atoms with Crippen molar-refractivity contribution >= 4 is 58.3 Å². The molecule has 25 heavy (non-hydrogen) atoms. The Kier molecular flexibility index (Phi) is 7.04. The summed E-state index contributed by atoms with van der Waals surface area (Å²) in [6.07, 6.45) is 2.66. The summed E-state index contributed by atoms with van der Waals surface area (Å²) in [4.78, 5) is 23.7. The number of carboxylic acid groups (broad SMARTS) is 1. The summed E-state index contributed by atoms with van der Waals surface area (Å²) < 4.78 is 13.8. The van der Waals surface area contributed by atoms with E-state index in [1.165, 1.54) is 23.6 Å². The highest BCUT2D eigenvalue weighted by Gasteiger charge is 2.18. The molecule has 0 aromatic carbocycles. The van der Waals surface area contributed by atoms with Crippen molar-refractivity contribution in [3.8, 4) is 0 Å². The summed E-state index contributed by atoms with van der Waals surface area (Å²) in [5.74, 6) is -1.36. The number of thiophene rings is 1. The number of nitrogens with one attached hydrogen (secondary N) is 1. The van der Waals surface area contributed by atoms with Gasteiger partial charge in [0.1, 0.15) is 5.82 Å². The van der Waals surface area contributed by atoms with E-state index in [-0.39, 0.29) is 42.5 Å². The van der Waals surface area contributed by atoms with E-state index in [9.17, 15) is 14.3 Å². The monoisotopic (exact) mass is 404 g/mol. The minimum absolute atomic E-state index is 0. The number of anilines is 1. The Hall–Kier alpha value is -2.03. The Bertz CT molecular complexity index is 906. The summed E-state index contributed by atoms with van der Waals surface area (Å²) in [6, 6.07) is 1.04. The van der Waals surface area contributed by atoms with Crippen LogP contribution in [0, 0.1) is 12.7 Å². The minimum Gasteiger partial charge on any atom is -0.476 e. The number of pyridine rings is 1. The van der Waals surface area contributed by atoms with Crippen molar-refractivity contribution in [3.05, 3.63) is 46.5 Å². The van der Waals surface area contributed by atoms with E-state index in [1.54, 1.807) is 6.92 Å². The van der Waals surface area contributed by atoms with E-state index in [2.05, 4.69) is 20.3 Å². The number of aryl methyl sites for hydroxylation is 1. The van der Waals surface area contributed by atoms with Gasteiger partial charge in [-0.25, -0.2) is 19.2 Å². The van der Waals surface area contributed by atoms with E-state index < -0.39 is 11.8 Å². The smallest absolute Gasteiger partial charge is 0.356 e. The number of aromatic nitrogens is 3. The van der Waals surface area contributed by atoms with E-state index in [4.69, 9.17) is 0 Å². The van der Waals surface area contributed by atoms with Crippen molar-refractivity contribution in [2.45, 2.75) is 19.9 Å². The van der Waals surface area contributed by atoms with Gasteiger partial charge in [0.25, 0.3) is 0 Å². The molecule has 3 rings (SSSR count). The molecule has 10 heteroatoms. The van der Waals surface area contributed by atoms with Crippen LogP contribution in [0.25, 0.3) is 10.2 Å². The lowest BCUT2D eigenvalue weighted by molar-refractivity contribution is 0.0693. The van der Waals surface area contributed by atoms with E-state index in [1.807, 2.05) is 12.3 Å². The average molecular weight is 405 g/mol. The third-order valence-electron chi connectivity index (χ3n) is 3.37. The van der Waals surface area contributed by atoms with Gasteiger partial charge in [0.05, 0.1) is 22.5 Å². The zero-order chi connectivity index (χ0) is 16.6. The highest BCUT2D eigenvalue weighted by atomic mass is 35.5. The first-order valence-electron chi connectivity index (χ1n) is 6.82. The molecule has 0 saturated heterocycles. The van der Waals surface area contributed by atoms with Crippen molar-refractivity contribution in [1.29, 1.82) is 0 Å². The fourth-order valence-corrected chi connectivity index (χ4v) is 3.15. The van der Waals surface area contributed by atoms with Crippen molar-refractivity contribution < 1.29 is 14.3 Å². The molecule has 0 bridgehead atoms. The standard InChI is InChI=1S/C15H13FN4O2S.2ClH/c1-7-6-23-13-11(7)19-15(20-12(13)14(21)22)18-8(2)9-3-10(16)5-17-4-9;;/h3-6,8H,1-2H3,(H,21,22)(H,18,19,20);2*1H/t8-;;/m0../s1. The first-order chi connectivity index (χ1) is 11.0. The van der Waals surface area contributed by atoms with Crippen LogP contribution in [0.3, 0.4) is 0 Å². The number of fused-ring (bicyclic) bond motifs is 1. The molecule has 0 fully saturated rings. The van der Waals surface area contributed by atoms with Gasteiger partial charge in [-0.05, 0) is 36.4 Å². The highest BCUT2D eigenvalue weighted by Crippen LogP contribution is 2.28. The summed E-state index contributed by atoms with van der Waals surface area (Å²) >= 11 is 1.30. The number of aromatic carboxylic acids is 1. The second-order valence-corrected chi connectivity index (χ2v) is 5.98. The Balaban J connectivity index is 0.00000156. The van der Waals surface area contributed by atoms with Crippen LogP contribution in [0.1, 0.15) is 34.6 Å². The maximum Gasteiger partial charge on any atom is 0.356 e. The Morgan fingerprint density at radius 2 is 2.04 bits per heavy atom. The van der Waals surface area contributed by atoms with Crippen LogP contribution in [0.4, 0.5) is 10.3 Å². The average Bonchev–Trinajstić information content (AvgIpc) is 2.88. The number of hydrogen-bond donors (Lipinski definition) is 2. The van der Waals surface area contributed by atoms with Crippen molar-refractivity contribution in [1.82, 2.24) is 15.0 Å². The molecule has 2 N–H and O–H groups in total. The van der Waals surface area contributed by atoms with E-state index >= 15 is 0 Å². The third kappa shape index (κ3) is 4.33. The Labute approximate surface area is 159 Å². The van der Waals surface area contributed by atoms with Gasteiger partial charge in [-0.3, -0.25) is 4.98 Å². The van der Waals surface area contributed by atoms with Crippen LogP contribution in [0.5, 0.6) is 0 Å². The lowest BCUT2D eigenvalue weighted by Gasteiger charge is -2.14. The SMILES string of the molecule is Cc1csc2c(C(=O)O)nc(N[C@@H](C)c3cncc(F)c3)nc12.Cl.Cl. The first-order valence-corrected chi connectivity index (χ1v) is 7.70. The molecule has 0 radical (unpaired) electrons. The lowest BCUT2D eigenvalue weighted by atomic mass is 10.1. The number of nitrogens with zero attached hydrogens (tertiary/aromatic N) is 3. The molecule has 1 atom stereocenters. The maximum atomic E-state index is 13.3. The third-order valence-corrected chi connectivity index (χ3v) is 4.46. The maximum absolute atomic E-state index is 13.3. The molecule has 134 valence electrons. The number of rotatable bonds is 4. The van der Waals surface area contributed by atoms with Gasteiger partial charge in [0, 0.05) is 6.20 Å². The number of hydrogen-bond acceptors (Lipinski definition) is 6. The van der Waals surface area contributed by atoms with Crippen LogP contribution < -0.4 is 5.32 Å². The van der Waals surface area contributed by atoms with Gasteiger partial charge >= 0.3 is 5.97 Å². The molecule has 0 aliphatic carbocycles. The summed E-state index contributed by atoms with van der Waals surface area (Å²) in [5, 5.41) is 14.2. The molecule has 0 spiro atoms. The molecular weight excluding hydrogens is 390 g/mol. The van der Waals surface area contributed by atoms with Crippen LogP contribution in [0.15, 0.2) is 23.8 Å². The number of carbonyl (C=O) groups is 1. The van der Waals surface area contributed by atoms with Crippen LogP contribution >= 0.6 is 36.2 Å². The molecule has 0 aliphatic heterocycles. The molecule has 3 aromatic rings. The van der Waals surface area contributed by atoms with E-state index in [0.29, 0.717) is 15.8 Å². The Morgan fingerprint density at radius 3 is 2.68 bits per heavy atom. The predicted molar refractivity (Wildman–Crippen MR) is 99.8 cm³/mol. The molecule has 0 amide bonds. The second-order valence-electron chi connectivity index (χ2n) is 5.10. The van der Waals surface area contributed by atoms with Gasteiger partial charge in [-0.15, -0.1) is 36.2 Å². The van der Waals surface area contributed by atoms with Crippen LogP contribution in [-0.4, -0.2) is 26.0 Å². The van der Waals surface area contributed by atoms with Gasteiger partial charge < -0.3 is 10.4 Å². The predicted octanol–water partition coefficient (Wildman–Crippen LogP) is 4.25. The summed E-state index contributed by atoms with van der Waals surface area (Å²) in [6.45, 7) is 3.66.